The topological polar surface area (TPSA) is 75.7 Å². The normalized spacial score (nSPS) is 16.2. The number of nitrogens with one attached hydrogen (secondary N) is 1. The Hall–Kier alpha value is -2.45. The highest BCUT2D eigenvalue weighted by Crippen LogP contribution is 2.25. The second-order valence-corrected chi connectivity index (χ2v) is 9.08. The van der Waals surface area contributed by atoms with Gasteiger partial charge in [-0.1, -0.05) is 12.5 Å². The number of carbonyl (C=O) groups excluding carboxylic acids is 1. The molecule has 1 aliphatic rings. The summed E-state index contributed by atoms with van der Waals surface area (Å²) in [5.74, 6) is -0.450. The Morgan fingerprint density at radius 3 is 2.41 bits per heavy atom. The number of anilines is 1. The van der Waals surface area contributed by atoms with Gasteiger partial charge in [0.25, 0.3) is 5.91 Å². The van der Waals surface area contributed by atoms with Crippen LogP contribution in [0.3, 0.4) is 0 Å². The van der Waals surface area contributed by atoms with Gasteiger partial charge in [0, 0.05) is 18.8 Å². The predicted octanol–water partition coefficient (Wildman–Crippen LogP) is 3.71. The summed E-state index contributed by atoms with van der Waals surface area (Å²) in [7, 11) is -3.59. The number of aryl methyl sites for hydroxylation is 1. The van der Waals surface area contributed by atoms with Crippen LogP contribution in [-0.2, 0) is 14.8 Å². The van der Waals surface area contributed by atoms with Gasteiger partial charge in [-0.3, -0.25) is 4.79 Å². The van der Waals surface area contributed by atoms with E-state index in [2.05, 4.69) is 5.32 Å². The van der Waals surface area contributed by atoms with Crippen molar-refractivity contribution in [3.63, 3.8) is 0 Å². The number of rotatable bonds is 6. The zero-order valence-corrected chi connectivity index (χ0v) is 17.3. The molecule has 0 aliphatic carbocycles. The molecule has 29 heavy (non-hydrogen) atoms. The molecule has 1 atom stereocenters. The summed E-state index contributed by atoms with van der Waals surface area (Å²) in [5.41, 5.74) is 1.16. The molecule has 2 aromatic carbocycles. The number of sulfonamides is 1. The molecule has 1 fully saturated rings. The number of carbonyl (C=O) groups is 1. The molecule has 1 heterocycles. The summed E-state index contributed by atoms with van der Waals surface area (Å²) < 4.78 is 45.8. The van der Waals surface area contributed by atoms with E-state index >= 15 is 0 Å². The van der Waals surface area contributed by atoms with Crippen LogP contribution in [0.4, 0.5) is 10.1 Å². The van der Waals surface area contributed by atoms with E-state index in [1.807, 2.05) is 0 Å². The summed E-state index contributed by atoms with van der Waals surface area (Å²) in [6.45, 7) is 4.39. The largest absolute Gasteiger partial charge is 0.481 e. The molecule has 3 rings (SSSR count). The molecular weight excluding hydrogens is 395 g/mol. The molecule has 0 radical (unpaired) electrons. The number of hydrogen-bond acceptors (Lipinski definition) is 4. The number of nitrogens with zero attached hydrogens (tertiary/aromatic N) is 1. The Balaban J connectivity index is 1.73. The minimum atomic E-state index is -3.59. The molecule has 1 aliphatic heterocycles. The quantitative estimate of drug-likeness (QED) is 0.773. The van der Waals surface area contributed by atoms with Crippen LogP contribution in [0.15, 0.2) is 47.4 Å². The third kappa shape index (κ3) is 5.13. The van der Waals surface area contributed by atoms with Crippen LogP contribution >= 0.6 is 0 Å². The van der Waals surface area contributed by atoms with Gasteiger partial charge in [-0.2, -0.15) is 4.31 Å². The van der Waals surface area contributed by atoms with Crippen molar-refractivity contribution < 1.29 is 22.3 Å². The van der Waals surface area contributed by atoms with Crippen LogP contribution in [-0.4, -0.2) is 37.8 Å². The van der Waals surface area contributed by atoms with Crippen molar-refractivity contribution in [3.8, 4) is 5.75 Å². The smallest absolute Gasteiger partial charge is 0.265 e. The molecule has 0 bridgehead atoms. The first kappa shape index (κ1) is 21.3. The SMILES string of the molecule is Cc1ccc(S(=O)(=O)N2CCCCC2)cc1NC(=O)[C@H](C)Oc1ccc(F)cc1. The first-order valence-electron chi connectivity index (χ1n) is 9.61. The van der Waals surface area contributed by atoms with Crippen molar-refractivity contribution >= 4 is 21.6 Å². The van der Waals surface area contributed by atoms with E-state index in [0.29, 0.717) is 24.5 Å². The van der Waals surface area contributed by atoms with Gasteiger partial charge in [-0.05, 0) is 68.7 Å². The maximum Gasteiger partial charge on any atom is 0.265 e. The van der Waals surface area contributed by atoms with E-state index in [-0.39, 0.29) is 4.90 Å². The fourth-order valence-electron chi connectivity index (χ4n) is 3.16. The van der Waals surface area contributed by atoms with Crippen LogP contribution in [0.2, 0.25) is 0 Å². The highest BCUT2D eigenvalue weighted by Gasteiger charge is 2.26. The molecule has 6 nitrogen and oxygen atoms in total. The van der Waals surface area contributed by atoms with Gasteiger partial charge >= 0.3 is 0 Å². The van der Waals surface area contributed by atoms with Crippen LogP contribution in [0.5, 0.6) is 5.75 Å². The molecule has 156 valence electrons. The minimum absolute atomic E-state index is 0.160. The lowest BCUT2D eigenvalue weighted by Crippen LogP contribution is -2.35. The number of benzene rings is 2. The van der Waals surface area contributed by atoms with Crippen molar-refractivity contribution in [1.29, 1.82) is 0 Å². The van der Waals surface area contributed by atoms with Crippen molar-refractivity contribution in [3.05, 3.63) is 53.8 Å². The Kier molecular flexibility index (Phi) is 6.54. The van der Waals surface area contributed by atoms with Crippen molar-refractivity contribution in [2.75, 3.05) is 18.4 Å². The molecule has 1 N–H and O–H groups in total. The van der Waals surface area contributed by atoms with Crippen LogP contribution in [0, 0.1) is 12.7 Å². The highest BCUT2D eigenvalue weighted by atomic mass is 32.2. The van der Waals surface area contributed by atoms with Gasteiger partial charge < -0.3 is 10.1 Å². The molecule has 1 amide bonds. The van der Waals surface area contributed by atoms with Gasteiger partial charge in [0.15, 0.2) is 6.10 Å². The second kappa shape index (κ2) is 8.92. The monoisotopic (exact) mass is 420 g/mol. The van der Waals surface area contributed by atoms with E-state index in [4.69, 9.17) is 4.74 Å². The minimum Gasteiger partial charge on any atom is -0.481 e. The lowest BCUT2D eigenvalue weighted by atomic mass is 10.2. The van der Waals surface area contributed by atoms with Gasteiger partial charge in [0.1, 0.15) is 11.6 Å². The summed E-state index contributed by atoms with van der Waals surface area (Å²) in [4.78, 5) is 12.7. The number of halogens is 1. The van der Waals surface area contributed by atoms with Gasteiger partial charge in [-0.25, -0.2) is 12.8 Å². The maximum absolute atomic E-state index is 13.0. The van der Waals surface area contributed by atoms with Crippen molar-refractivity contribution in [2.45, 2.75) is 44.1 Å². The van der Waals surface area contributed by atoms with Crippen LogP contribution in [0.1, 0.15) is 31.7 Å². The van der Waals surface area contributed by atoms with Crippen molar-refractivity contribution in [2.24, 2.45) is 0 Å². The maximum atomic E-state index is 13.0. The van der Waals surface area contributed by atoms with Crippen LogP contribution < -0.4 is 10.1 Å². The van der Waals surface area contributed by atoms with E-state index in [0.717, 1.165) is 24.8 Å². The van der Waals surface area contributed by atoms with E-state index in [1.54, 1.807) is 26.0 Å². The number of hydrogen-bond donors (Lipinski definition) is 1. The number of amides is 1. The fourth-order valence-corrected chi connectivity index (χ4v) is 4.70. The Morgan fingerprint density at radius 2 is 1.76 bits per heavy atom. The first-order valence-corrected chi connectivity index (χ1v) is 11.1. The summed E-state index contributed by atoms with van der Waals surface area (Å²) in [6.07, 6.45) is 1.90. The van der Waals surface area contributed by atoms with Crippen molar-refractivity contribution in [1.82, 2.24) is 4.31 Å². The molecule has 0 saturated carbocycles. The van der Waals surface area contributed by atoms with E-state index in [1.165, 1.54) is 34.6 Å². The molecule has 0 unspecified atom stereocenters. The summed E-state index contributed by atoms with van der Waals surface area (Å²) in [5, 5.41) is 2.74. The van der Waals surface area contributed by atoms with Gasteiger partial charge in [-0.15, -0.1) is 0 Å². The third-order valence-electron chi connectivity index (χ3n) is 4.92. The molecular formula is C21H25FN2O4S. The van der Waals surface area contributed by atoms with Gasteiger partial charge in [0.2, 0.25) is 10.0 Å². The molecule has 2 aromatic rings. The first-order chi connectivity index (χ1) is 13.8. The molecule has 0 aromatic heterocycles. The van der Waals surface area contributed by atoms with E-state index < -0.39 is 27.9 Å². The zero-order chi connectivity index (χ0) is 21.0. The third-order valence-corrected chi connectivity index (χ3v) is 6.81. The van der Waals surface area contributed by atoms with E-state index in [9.17, 15) is 17.6 Å². The average molecular weight is 421 g/mol. The predicted molar refractivity (Wildman–Crippen MR) is 109 cm³/mol. The standard InChI is InChI=1S/C21H25FN2O4S/c1-15-6-11-19(29(26,27)24-12-4-3-5-13-24)14-20(15)23-21(25)16(2)28-18-9-7-17(22)8-10-18/h6-11,14,16H,3-5,12-13H2,1-2H3,(H,23,25)/t16-/m0/s1. The Labute approximate surface area is 170 Å². The highest BCUT2D eigenvalue weighted by molar-refractivity contribution is 7.89. The molecule has 8 heteroatoms. The summed E-state index contributed by atoms with van der Waals surface area (Å²) in [6, 6.07) is 10.1. The molecule has 0 spiro atoms. The number of ether oxygens (including phenoxy) is 1. The number of piperidine rings is 1. The summed E-state index contributed by atoms with van der Waals surface area (Å²) >= 11 is 0. The second-order valence-electron chi connectivity index (χ2n) is 7.14. The zero-order valence-electron chi connectivity index (χ0n) is 16.5. The van der Waals surface area contributed by atoms with Crippen LogP contribution in [0.25, 0.3) is 0 Å². The van der Waals surface area contributed by atoms with Gasteiger partial charge in [0.05, 0.1) is 4.90 Å². The molecule has 1 saturated heterocycles. The fraction of sp³-hybridized carbons (Fsp3) is 0.381. The Morgan fingerprint density at radius 1 is 1.10 bits per heavy atom. The average Bonchev–Trinajstić information content (AvgIpc) is 2.71. The lowest BCUT2D eigenvalue weighted by molar-refractivity contribution is -0.122. The lowest BCUT2D eigenvalue weighted by Gasteiger charge is -2.26. The Bertz CT molecular complexity index is 971.